The van der Waals surface area contributed by atoms with E-state index in [4.69, 9.17) is 9.47 Å². The van der Waals surface area contributed by atoms with E-state index in [9.17, 15) is 4.39 Å². The molecule has 0 aliphatic carbocycles. The van der Waals surface area contributed by atoms with E-state index in [1.165, 1.54) is 12.3 Å². The zero-order valence-corrected chi connectivity index (χ0v) is 12.6. The number of ether oxygens (including phenoxy) is 2. The number of nitrogens with zero attached hydrogens (tertiary/aromatic N) is 1. The van der Waals surface area contributed by atoms with Gasteiger partial charge in [-0.2, -0.15) is 0 Å². The molecule has 1 unspecified atom stereocenters. The molecule has 1 N–H and O–H groups in total. The van der Waals surface area contributed by atoms with Crippen LogP contribution in [0, 0.1) is 5.82 Å². The lowest BCUT2D eigenvalue weighted by molar-refractivity contribution is -0.0206. The molecule has 2 aliphatic rings. The first-order valence-electron chi connectivity index (χ1n) is 6.39. The number of aromatic nitrogens is 1. The smallest absolute Gasteiger partial charge is 0.250 e. The molecule has 0 amide bonds. The first-order valence-corrected chi connectivity index (χ1v) is 6.39. The molecular weight excluding hydrogens is 306 g/mol. The fraction of sp³-hybridized carbons (Fsp3) is 0.615. The fourth-order valence-corrected chi connectivity index (χ4v) is 2.72. The number of rotatable bonds is 2. The van der Waals surface area contributed by atoms with Gasteiger partial charge in [-0.1, -0.05) is 0 Å². The van der Waals surface area contributed by atoms with Crippen molar-refractivity contribution in [2.45, 2.75) is 31.0 Å². The number of hydrogen-bond acceptors (Lipinski definition) is 4. The summed E-state index contributed by atoms with van der Waals surface area (Å²) in [5, 5.41) is 3.32. The van der Waals surface area contributed by atoms with Crippen molar-refractivity contribution in [1.29, 1.82) is 0 Å². The van der Waals surface area contributed by atoms with Crippen molar-refractivity contribution in [3.63, 3.8) is 0 Å². The highest BCUT2D eigenvalue weighted by Crippen LogP contribution is 2.35. The maximum absolute atomic E-state index is 13.4. The summed E-state index contributed by atoms with van der Waals surface area (Å²) in [6.45, 7) is 2.48. The second-order valence-electron chi connectivity index (χ2n) is 4.98. The van der Waals surface area contributed by atoms with Gasteiger partial charge in [0.1, 0.15) is 6.10 Å². The third-order valence-electron chi connectivity index (χ3n) is 3.69. The van der Waals surface area contributed by atoms with Gasteiger partial charge in [0.15, 0.2) is 5.82 Å². The van der Waals surface area contributed by atoms with Gasteiger partial charge in [0.2, 0.25) is 0 Å². The van der Waals surface area contributed by atoms with Crippen molar-refractivity contribution in [1.82, 2.24) is 10.3 Å². The van der Waals surface area contributed by atoms with E-state index >= 15 is 0 Å². The van der Waals surface area contributed by atoms with Gasteiger partial charge >= 0.3 is 0 Å². The Morgan fingerprint density at radius 1 is 1.35 bits per heavy atom. The van der Waals surface area contributed by atoms with Gasteiger partial charge < -0.3 is 14.8 Å². The van der Waals surface area contributed by atoms with Crippen molar-refractivity contribution in [3.8, 4) is 5.88 Å². The molecule has 1 aromatic rings. The van der Waals surface area contributed by atoms with Gasteiger partial charge in [-0.3, -0.25) is 0 Å². The summed E-state index contributed by atoms with van der Waals surface area (Å²) in [5.41, 5.74) is -0.0683. The lowest BCUT2D eigenvalue weighted by atomic mass is 9.89. The van der Waals surface area contributed by atoms with E-state index in [2.05, 4.69) is 10.3 Å². The zero-order chi connectivity index (χ0) is 12.4. The first kappa shape index (κ1) is 17.4. The number of nitrogens with one attached hydrogen (secondary N) is 1. The molecule has 1 aromatic heterocycles. The van der Waals surface area contributed by atoms with Gasteiger partial charge in [0, 0.05) is 12.6 Å². The van der Waals surface area contributed by atoms with Crippen molar-refractivity contribution >= 4 is 24.8 Å². The Kier molecular flexibility index (Phi) is 6.45. The molecule has 4 nitrogen and oxygen atoms in total. The number of halogens is 3. The van der Waals surface area contributed by atoms with Gasteiger partial charge in [-0.15, -0.1) is 24.8 Å². The van der Waals surface area contributed by atoms with Crippen LogP contribution in [0.5, 0.6) is 5.88 Å². The van der Waals surface area contributed by atoms with E-state index < -0.39 is 5.82 Å². The highest BCUT2D eigenvalue weighted by Gasteiger charge is 2.42. The van der Waals surface area contributed by atoms with Crippen molar-refractivity contribution in [3.05, 3.63) is 24.1 Å². The van der Waals surface area contributed by atoms with Crippen LogP contribution in [-0.4, -0.2) is 36.4 Å². The average Bonchev–Trinajstić information content (AvgIpc) is 2.76. The molecular formula is C13H19Cl2FN2O2. The van der Waals surface area contributed by atoms with E-state index in [0.29, 0.717) is 6.61 Å². The minimum absolute atomic E-state index is 0. The van der Waals surface area contributed by atoms with Crippen LogP contribution < -0.4 is 10.1 Å². The fourth-order valence-electron chi connectivity index (χ4n) is 2.72. The van der Waals surface area contributed by atoms with Crippen molar-refractivity contribution < 1.29 is 13.9 Å². The molecule has 0 saturated carbocycles. The molecule has 1 spiro atoms. The Labute approximate surface area is 130 Å². The van der Waals surface area contributed by atoms with E-state index in [0.717, 1.165) is 32.4 Å². The molecule has 20 heavy (non-hydrogen) atoms. The normalized spacial score (nSPS) is 23.8. The van der Waals surface area contributed by atoms with Crippen LogP contribution in [0.3, 0.4) is 0 Å². The average molecular weight is 325 g/mol. The minimum atomic E-state index is -0.413. The second-order valence-corrected chi connectivity index (χ2v) is 4.98. The van der Waals surface area contributed by atoms with Crippen LogP contribution in [0.1, 0.15) is 19.3 Å². The van der Waals surface area contributed by atoms with E-state index in [1.807, 2.05) is 0 Å². The highest BCUT2D eigenvalue weighted by molar-refractivity contribution is 5.85. The third-order valence-corrected chi connectivity index (χ3v) is 3.69. The molecule has 2 saturated heterocycles. The van der Waals surface area contributed by atoms with Gasteiger partial charge in [-0.05, 0) is 38.1 Å². The molecule has 0 radical (unpaired) electrons. The van der Waals surface area contributed by atoms with Gasteiger partial charge in [-0.25, -0.2) is 9.37 Å². The summed E-state index contributed by atoms with van der Waals surface area (Å²) in [6.07, 6.45) is 4.27. The third kappa shape index (κ3) is 3.73. The Bertz CT molecular complexity index is 431. The zero-order valence-electron chi connectivity index (χ0n) is 11.0. The largest absolute Gasteiger partial charge is 0.470 e. The van der Waals surface area contributed by atoms with Crippen LogP contribution in [-0.2, 0) is 4.74 Å². The summed E-state index contributed by atoms with van der Waals surface area (Å²) < 4.78 is 24.9. The monoisotopic (exact) mass is 324 g/mol. The lowest BCUT2D eigenvalue weighted by Crippen LogP contribution is -2.41. The molecule has 1 atom stereocenters. The molecule has 2 aliphatic heterocycles. The van der Waals surface area contributed by atoms with Crippen molar-refractivity contribution in [2.75, 3.05) is 19.7 Å². The predicted molar refractivity (Wildman–Crippen MR) is 78.5 cm³/mol. The summed E-state index contributed by atoms with van der Waals surface area (Å²) in [5.74, 6) is -0.333. The maximum Gasteiger partial charge on any atom is 0.250 e. The number of hydrogen-bond donors (Lipinski definition) is 1. The van der Waals surface area contributed by atoms with Crippen LogP contribution in [0.25, 0.3) is 0 Å². The maximum atomic E-state index is 13.4. The molecule has 3 rings (SSSR count). The van der Waals surface area contributed by atoms with Crippen LogP contribution in [0.2, 0.25) is 0 Å². The van der Waals surface area contributed by atoms with E-state index in [-0.39, 0.29) is 42.4 Å². The molecule has 3 heterocycles. The standard InChI is InChI=1S/C13H17FN2O2.2ClH/c14-11-2-1-5-16-12(11)18-10-8-13(17-9-10)3-6-15-7-4-13;;/h1-2,5,10,15H,3-4,6-9H2;2*1H. The summed E-state index contributed by atoms with van der Waals surface area (Å²) in [6, 6.07) is 2.92. The molecule has 0 aromatic carbocycles. The minimum Gasteiger partial charge on any atom is -0.470 e. The highest BCUT2D eigenvalue weighted by atomic mass is 35.5. The van der Waals surface area contributed by atoms with Crippen LogP contribution in [0.15, 0.2) is 18.3 Å². The summed E-state index contributed by atoms with van der Waals surface area (Å²) >= 11 is 0. The molecule has 114 valence electrons. The number of piperidine rings is 1. The quantitative estimate of drug-likeness (QED) is 0.907. The van der Waals surface area contributed by atoms with Crippen LogP contribution in [0.4, 0.5) is 4.39 Å². The topological polar surface area (TPSA) is 43.4 Å². The first-order chi connectivity index (χ1) is 8.77. The predicted octanol–water partition coefficient (Wildman–Crippen LogP) is 2.35. The Morgan fingerprint density at radius 2 is 2.10 bits per heavy atom. The Hall–Kier alpha value is -0.620. The Morgan fingerprint density at radius 3 is 2.80 bits per heavy atom. The summed E-state index contributed by atoms with van der Waals surface area (Å²) in [4.78, 5) is 3.91. The van der Waals surface area contributed by atoms with Crippen LogP contribution >= 0.6 is 24.8 Å². The Balaban J connectivity index is 0.000001000. The number of pyridine rings is 1. The second kappa shape index (κ2) is 7.41. The molecule has 0 bridgehead atoms. The van der Waals surface area contributed by atoms with Gasteiger partial charge in [0.25, 0.3) is 5.88 Å². The lowest BCUT2D eigenvalue weighted by Gasteiger charge is -2.32. The molecule has 7 heteroatoms. The summed E-state index contributed by atoms with van der Waals surface area (Å²) in [7, 11) is 0. The molecule has 2 fully saturated rings. The van der Waals surface area contributed by atoms with Crippen molar-refractivity contribution in [2.24, 2.45) is 0 Å². The van der Waals surface area contributed by atoms with E-state index in [1.54, 1.807) is 6.07 Å². The van der Waals surface area contributed by atoms with Gasteiger partial charge in [0.05, 0.1) is 12.2 Å². The SMILES string of the molecule is Cl.Cl.Fc1cccnc1OC1COC2(CCNCC2)C1.